The van der Waals surface area contributed by atoms with E-state index in [1.807, 2.05) is 0 Å². The second-order valence-corrected chi connectivity index (χ2v) is 5.52. The average Bonchev–Trinajstić information content (AvgIpc) is 2.90. The van der Waals surface area contributed by atoms with Gasteiger partial charge in [0.25, 0.3) is 0 Å². The van der Waals surface area contributed by atoms with Gasteiger partial charge in [-0.2, -0.15) is 0 Å². The highest BCUT2D eigenvalue weighted by Gasteiger charge is 2.31. The fourth-order valence-corrected chi connectivity index (χ4v) is 2.89. The minimum atomic E-state index is -0.961. The fraction of sp³-hybridized carbons (Fsp3) is 0.400. The van der Waals surface area contributed by atoms with Crippen molar-refractivity contribution in [1.82, 2.24) is 10.2 Å². The average molecular weight is 288 g/mol. The normalized spacial score (nSPS) is 20.9. The molecule has 1 atom stereocenters. The highest BCUT2D eigenvalue weighted by molar-refractivity contribution is 5.88. The van der Waals surface area contributed by atoms with Gasteiger partial charge in [-0.25, -0.2) is 4.79 Å². The van der Waals surface area contributed by atoms with Crippen molar-refractivity contribution in [3.8, 4) is 0 Å². The lowest BCUT2D eigenvalue weighted by Crippen LogP contribution is -2.43. The van der Waals surface area contributed by atoms with E-state index in [2.05, 4.69) is 5.32 Å². The first-order valence-corrected chi connectivity index (χ1v) is 6.95. The Bertz CT molecular complexity index is 616. The summed E-state index contributed by atoms with van der Waals surface area (Å²) < 4.78 is 0. The van der Waals surface area contributed by atoms with Crippen LogP contribution in [0.3, 0.4) is 0 Å². The van der Waals surface area contributed by atoms with E-state index in [4.69, 9.17) is 5.11 Å². The number of carboxylic acids is 1. The lowest BCUT2D eigenvalue weighted by Gasteiger charge is -2.26. The molecule has 1 saturated heterocycles. The molecule has 0 saturated carbocycles. The maximum Gasteiger partial charge on any atom is 0.335 e. The number of piperidine rings is 1. The number of fused-ring (bicyclic) bond motifs is 1. The Balaban J connectivity index is 1.71. The maximum absolute atomic E-state index is 12.5. The second kappa shape index (κ2) is 5.20. The van der Waals surface area contributed by atoms with Crippen LogP contribution in [0.5, 0.6) is 0 Å². The summed E-state index contributed by atoms with van der Waals surface area (Å²) in [6, 6.07) is 4.97. The Morgan fingerprint density at radius 1 is 1.24 bits per heavy atom. The molecule has 0 aliphatic carbocycles. The zero-order chi connectivity index (χ0) is 15.0. The Hall–Kier alpha value is -2.37. The van der Waals surface area contributed by atoms with Gasteiger partial charge in [-0.15, -0.1) is 0 Å². The molecule has 0 spiro atoms. The topological polar surface area (TPSA) is 86.7 Å². The highest BCUT2D eigenvalue weighted by Crippen LogP contribution is 2.26. The van der Waals surface area contributed by atoms with Crippen LogP contribution < -0.4 is 5.32 Å². The lowest BCUT2D eigenvalue weighted by molar-refractivity contribution is -0.138. The van der Waals surface area contributed by atoms with Crippen molar-refractivity contribution in [2.24, 2.45) is 5.92 Å². The van der Waals surface area contributed by atoms with Gasteiger partial charge in [-0.1, -0.05) is 6.07 Å². The summed E-state index contributed by atoms with van der Waals surface area (Å²) in [6.45, 7) is 1.35. The molecule has 1 aromatic rings. The molecule has 2 heterocycles. The van der Waals surface area contributed by atoms with E-state index in [1.54, 1.807) is 23.1 Å². The first-order valence-electron chi connectivity index (χ1n) is 6.95. The van der Waals surface area contributed by atoms with E-state index < -0.39 is 5.97 Å². The zero-order valence-corrected chi connectivity index (χ0v) is 11.5. The third kappa shape index (κ3) is 2.61. The molecule has 6 nitrogen and oxygen atoms in total. The van der Waals surface area contributed by atoms with Crippen LogP contribution in [-0.4, -0.2) is 34.3 Å². The van der Waals surface area contributed by atoms with E-state index in [0.29, 0.717) is 32.5 Å². The number of amides is 2. The number of carboxylic acid groups (broad SMARTS) is 1. The summed E-state index contributed by atoms with van der Waals surface area (Å²) in [5.41, 5.74) is 2.13. The lowest BCUT2D eigenvalue weighted by atomic mass is 9.98. The molecule has 6 heteroatoms. The van der Waals surface area contributed by atoms with E-state index in [0.717, 1.165) is 11.1 Å². The Kier molecular flexibility index (Phi) is 3.37. The molecule has 2 aliphatic rings. The van der Waals surface area contributed by atoms with Crippen molar-refractivity contribution in [2.45, 2.75) is 25.9 Å². The monoisotopic (exact) mass is 288 g/mol. The van der Waals surface area contributed by atoms with Gasteiger partial charge in [0.2, 0.25) is 11.8 Å². The summed E-state index contributed by atoms with van der Waals surface area (Å²) in [5.74, 6) is -1.11. The number of aromatic carboxylic acids is 1. The molecule has 0 aromatic heterocycles. The number of rotatable bonds is 2. The molecule has 1 fully saturated rings. The first-order chi connectivity index (χ1) is 10.0. The number of nitrogens with zero attached hydrogens (tertiary/aromatic N) is 1. The number of benzene rings is 1. The van der Waals surface area contributed by atoms with Crippen molar-refractivity contribution in [3.63, 3.8) is 0 Å². The van der Waals surface area contributed by atoms with Crippen LogP contribution in [0, 0.1) is 5.92 Å². The third-order valence-corrected chi connectivity index (χ3v) is 4.10. The molecular formula is C15H16N2O4. The molecule has 110 valence electrons. The number of nitrogens with one attached hydrogen (secondary N) is 1. The zero-order valence-electron chi connectivity index (χ0n) is 11.5. The van der Waals surface area contributed by atoms with E-state index in [-0.39, 0.29) is 23.3 Å². The maximum atomic E-state index is 12.5. The van der Waals surface area contributed by atoms with E-state index in [1.165, 1.54) is 0 Å². The molecule has 1 unspecified atom stereocenters. The van der Waals surface area contributed by atoms with Crippen LogP contribution in [0.25, 0.3) is 0 Å². The van der Waals surface area contributed by atoms with Crippen molar-refractivity contribution < 1.29 is 19.5 Å². The minimum Gasteiger partial charge on any atom is -0.478 e. The van der Waals surface area contributed by atoms with Crippen molar-refractivity contribution in [3.05, 3.63) is 34.9 Å². The van der Waals surface area contributed by atoms with Crippen molar-refractivity contribution in [1.29, 1.82) is 0 Å². The van der Waals surface area contributed by atoms with Gasteiger partial charge in [-0.05, 0) is 29.7 Å². The molecule has 1 aromatic carbocycles. The number of carbonyl (C=O) groups excluding carboxylic acids is 2. The Labute approximate surface area is 121 Å². The van der Waals surface area contributed by atoms with Crippen LogP contribution >= 0.6 is 0 Å². The smallest absolute Gasteiger partial charge is 0.335 e. The van der Waals surface area contributed by atoms with Crippen molar-refractivity contribution in [2.75, 3.05) is 6.54 Å². The highest BCUT2D eigenvalue weighted by atomic mass is 16.4. The summed E-state index contributed by atoms with van der Waals surface area (Å²) in [4.78, 5) is 36.3. The molecular weight excluding hydrogens is 272 g/mol. The largest absolute Gasteiger partial charge is 0.478 e. The fourth-order valence-electron chi connectivity index (χ4n) is 2.89. The van der Waals surface area contributed by atoms with Crippen LogP contribution in [0.1, 0.15) is 34.3 Å². The molecule has 2 aliphatic heterocycles. The SMILES string of the molecule is O=C1CCC(C(=O)N2Cc3ccc(C(=O)O)cc3C2)CN1. The van der Waals surface area contributed by atoms with Crippen LogP contribution in [0.15, 0.2) is 18.2 Å². The van der Waals surface area contributed by atoms with Gasteiger partial charge in [0.15, 0.2) is 0 Å². The van der Waals surface area contributed by atoms with Gasteiger partial charge in [0.1, 0.15) is 0 Å². The van der Waals surface area contributed by atoms with Gasteiger partial charge in [0.05, 0.1) is 11.5 Å². The molecule has 0 radical (unpaired) electrons. The number of hydrogen-bond donors (Lipinski definition) is 2. The minimum absolute atomic E-state index is 0.00476. The van der Waals surface area contributed by atoms with Crippen molar-refractivity contribution >= 4 is 17.8 Å². The summed E-state index contributed by atoms with van der Waals surface area (Å²) in [7, 11) is 0. The first kappa shape index (κ1) is 13.6. The number of hydrogen-bond acceptors (Lipinski definition) is 3. The molecule has 2 N–H and O–H groups in total. The van der Waals surface area contributed by atoms with Gasteiger partial charge in [0, 0.05) is 26.1 Å². The predicted octanol–water partition coefficient (Wildman–Crippen LogP) is 0.753. The molecule has 0 bridgehead atoms. The summed E-state index contributed by atoms with van der Waals surface area (Å²) >= 11 is 0. The van der Waals surface area contributed by atoms with Crippen LogP contribution in [-0.2, 0) is 22.7 Å². The Morgan fingerprint density at radius 3 is 2.67 bits per heavy atom. The van der Waals surface area contributed by atoms with E-state index in [9.17, 15) is 14.4 Å². The van der Waals surface area contributed by atoms with Gasteiger partial charge < -0.3 is 15.3 Å². The molecule has 21 heavy (non-hydrogen) atoms. The summed E-state index contributed by atoms with van der Waals surface area (Å²) in [6.07, 6.45) is 0.970. The summed E-state index contributed by atoms with van der Waals surface area (Å²) in [5, 5.41) is 11.7. The van der Waals surface area contributed by atoms with Crippen LogP contribution in [0.2, 0.25) is 0 Å². The third-order valence-electron chi connectivity index (χ3n) is 4.10. The quantitative estimate of drug-likeness (QED) is 0.841. The Morgan fingerprint density at radius 2 is 2.00 bits per heavy atom. The predicted molar refractivity (Wildman–Crippen MR) is 73.4 cm³/mol. The van der Waals surface area contributed by atoms with E-state index >= 15 is 0 Å². The standard InChI is InChI=1S/C15H16N2O4/c18-13-4-3-10(6-16-13)14(19)17-7-11-2-1-9(15(20)21)5-12(11)8-17/h1-2,5,10H,3-4,6-8H2,(H,16,18)(H,20,21). The second-order valence-electron chi connectivity index (χ2n) is 5.52. The van der Waals surface area contributed by atoms with Gasteiger partial charge >= 0.3 is 5.97 Å². The molecule has 3 rings (SSSR count). The number of carbonyl (C=O) groups is 3. The van der Waals surface area contributed by atoms with Gasteiger partial charge in [-0.3, -0.25) is 9.59 Å². The van der Waals surface area contributed by atoms with Crippen LogP contribution in [0.4, 0.5) is 0 Å². The molecule has 2 amide bonds.